The molecule has 1 spiro atoms. The first-order chi connectivity index (χ1) is 6.63. The lowest BCUT2D eigenvalue weighted by molar-refractivity contribution is -0.141. The van der Waals surface area contributed by atoms with Gasteiger partial charge in [-0.25, -0.2) is 0 Å². The van der Waals surface area contributed by atoms with Gasteiger partial charge in [0.25, 0.3) is 0 Å². The Morgan fingerprint density at radius 2 is 2.14 bits per heavy atom. The highest BCUT2D eigenvalue weighted by Crippen LogP contribution is 2.44. The van der Waals surface area contributed by atoms with E-state index in [1.807, 2.05) is 23.7 Å². The second-order valence-electron chi connectivity index (χ2n) is 4.59. The fraction of sp³-hybridized carbons (Fsp3) is 0.900. The summed E-state index contributed by atoms with van der Waals surface area (Å²) < 4.78 is 0. The third-order valence-electron chi connectivity index (χ3n) is 3.58. The molecule has 0 amide bonds. The molecule has 4 heteroatoms. The molecule has 1 unspecified atom stereocenters. The van der Waals surface area contributed by atoms with Gasteiger partial charge in [-0.05, 0) is 43.2 Å². The normalized spacial score (nSPS) is 32.2. The molecule has 0 aromatic rings. The molecule has 1 atom stereocenters. The van der Waals surface area contributed by atoms with E-state index in [-0.39, 0.29) is 6.04 Å². The Morgan fingerprint density at radius 3 is 2.64 bits per heavy atom. The van der Waals surface area contributed by atoms with Gasteiger partial charge in [-0.2, -0.15) is 11.8 Å². The van der Waals surface area contributed by atoms with Crippen LogP contribution in [0.25, 0.3) is 0 Å². The van der Waals surface area contributed by atoms with Crippen molar-refractivity contribution in [2.75, 3.05) is 25.1 Å². The minimum atomic E-state index is -0.650. The highest BCUT2D eigenvalue weighted by atomic mass is 32.2. The summed E-state index contributed by atoms with van der Waals surface area (Å²) in [6.07, 6.45) is 3.26. The molecule has 1 N–H and O–H groups in total. The van der Waals surface area contributed by atoms with Gasteiger partial charge in [-0.15, -0.1) is 0 Å². The molecule has 2 aliphatic rings. The second-order valence-corrected chi connectivity index (χ2v) is 5.81. The van der Waals surface area contributed by atoms with Crippen molar-refractivity contribution in [3.05, 3.63) is 0 Å². The van der Waals surface area contributed by atoms with Crippen molar-refractivity contribution in [3.63, 3.8) is 0 Å². The zero-order valence-electron chi connectivity index (χ0n) is 8.53. The number of thioether (sulfide) groups is 1. The summed E-state index contributed by atoms with van der Waals surface area (Å²) in [5, 5.41) is 9.05. The maximum absolute atomic E-state index is 11.0. The number of hydrogen-bond donors (Lipinski definition) is 1. The summed E-state index contributed by atoms with van der Waals surface area (Å²) in [7, 11) is 1.94. The highest BCUT2D eigenvalue weighted by molar-refractivity contribution is 7.99. The Kier molecular flexibility index (Phi) is 2.75. The van der Waals surface area contributed by atoms with Crippen LogP contribution < -0.4 is 0 Å². The predicted molar refractivity (Wildman–Crippen MR) is 57.7 cm³/mol. The zero-order chi connectivity index (χ0) is 10.2. The third kappa shape index (κ3) is 1.77. The first-order valence-electron chi connectivity index (χ1n) is 5.14. The van der Waals surface area contributed by atoms with Crippen molar-refractivity contribution in [2.45, 2.75) is 25.3 Å². The maximum Gasteiger partial charge on any atom is 0.320 e. The van der Waals surface area contributed by atoms with Crippen molar-refractivity contribution >= 4 is 17.7 Å². The number of likely N-dealkylation sites (tertiary alicyclic amines) is 1. The average molecular weight is 215 g/mol. The summed E-state index contributed by atoms with van der Waals surface area (Å²) in [5.41, 5.74) is 0.322. The molecule has 2 heterocycles. The standard InChI is InChI=1S/C10H17NO2S/c1-11-7-10(2-4-14-5-3-10)6-8(11)9(12)13/h8H,2-7H2,1H3,(H,12,13). The quantitative estimate of drug-likeness (QED) is 0.715. The van der Waals surface area contributed by atoms with Crippen LogP contribution in [-0.2, 0) is 4.79 Å². The Hall–Kier alpha value is -0.220. The smallest absolute Gasteiger partial charge is 0.320 e. The summed E-state index contributed by atoms with van der Waals surface area (Å²) in [6.45, 7) is 0.977. The Morgan fingerprint density at radius 1 is 1.50 bits per heavy atom. The maximum atomic E-state index is 11.0. The van der Waals surface area contributed by atoms with E-state index < -0.39 is 5.97 Å². The highest BCUT2D eigenvalue weighted by Gasteiger charge is 2.45. The number of aliphatic carboxylic acids is 1. The lowest BCUT2D eigenvalue weighted by atomic mass is 9.80. The molecule has 0 aromatic heterocycles. The number of likely N-dealkylation sites (N-methyl/N-ethyl adjacent to an activating group) is 1. The molecule has 2 saturated heterocycles. The summed E-state index contributed by atoms with van der Waals surface area (Å²) in [6, 6.07) is -0.238. The fourth-order valence-electron chi connectivity index (χ4n) is 2.71. The SMILES string of the molecule is CN1CC2(CCSCC2)CC1C(=O)O. The Balaban J connectivity index is 2.06. The van der Waals surface area contributed by atoms with Crippen LogP contribution in [0.1, 0.15) is 19.3 Å². The van der Waals surface area contributed by atoms with Gasteiger partial charge in [0.05, 0.1) is 0 Å². The number of carboxylic acid groups (broad SMARTS) is 1. The van der Waals surface area contributed by atoms with E-state index in [0.717, 1.165) is 13.0 Å². The molecular weight excluding hydrogens is 198 g/mol. The predicted octanol–water partition coefficient (Wildman–Crippen LogP) is 1.29. The molecule has 0 radical (unpaired) electrons. The van der Waals surface area contributed by atoms with Crippen molar-refractivity contribution in [1.29, 1.82) is 0 Å². The first-order valence-corrected chi connectivity index (χ1v) is 6.29. The fourth-order valence-corrected chi connectivity index (χ4v) is 4.07. The number of carboxylic acids is 1. The summed E-state index contributed by atoms with van der Waals surface area (Å²) in [5.74, 6) is 1.77. The number of carbonyl (C=O) groups is 1. The van der Waals surface area contributed by atoms with Crippen LogP contribution in [0.15, 0.2) is 0 Å². The van der Waals surface area contributed by atoms with E-state index in [4.69, 9.17) is 5.11 Å². The van der Waals surface area contributed by atoms with Crippen molar-refractivity contribution in [1.82, 2.24) is 4.90 Å². The molecule has 0 saturated carbocycles. The molecule has 80 valence electrons. The number of nitrogens with zero attached hydrogens (tertiary/aromatic N) is 1. The topological polar surface area (TPSA) is 40.5 Å². The van der Waals surface area contributed by atoms with Gasteiger partial charge in [0.15, 0.2) is 0 Å². The van der Waals surface area contributed by atoms with Crippen LogP contribution in [0.5, 0.6) is 0 Å². The lowest BCUT2D eigenvalue weighted by Crippen LogP contribution is -2.32. The van der Waals surface area contributed by atoms with Gasteiger partial charge >= 0.3 is 5.97 Å². The second kappa shape index (κ2) is 3.74. The minimum absolute atomic E-state index is 0.238. The molecule has 2 fully saturated rings. The van der Waals surface area contributed by atoms with Crippen LogP contribution in [0.2, 0.25) is 0 Å². The van der Waals surface area contributed by atoms with Crippen molar-refractivity contribution < 1.29 is 9.90 Å². The Bertz CT molecular complexity index is 238. The van der Waals surface area contributed by atoms with E-state index in [2.05, 4.69) is 0 Å². The van der Waals surface area contributed by atoms with Crippen molar-refractivity contribution in [3.8, 4) is 0 Å². The van der Waals surface area contributed by atoms with Crippen LogP contribution in [-0.4, -0.2) is 47.1 Å². The van der Waals surface area contributed by atoms with Gasteiger partial charge in [0, 0.05) is 6.54 Å². The number of hydrogen-bond acceptors (Lipinski definition) is 3. The average Bonchev–Trinajstić information content (AvgIpc) is 2.44. The van der Waals surface area contributed by atoms with Crippen molar-refractivity contribution in [2.24, 2.45) is 5.41 Å². The number of rotatable bonds is 1. The molecular formula is C10H17NO2S. The summed E-state index contributed by atoms with van der Waals surface area (Å²) in [4.78, 5) is 13.0. The lowest BCUT2D eigenvalue weighted by Gasteiger charge is -2.32. The van der Waals surface area contributed by atoms with Crippen LogP contribution in [0, 0.1) is 5.41 Å². The summed E-state index contributed by atoms with van der Waals surface area (Å²) >= 11 is 2.00. The van der Waals surface area contributed by atoms with Gasteiger partial charge in [-0.1, -0.05) is 0 Å². The van der Waals surface area contributed by atoms with E-state index in [1.54, 1.807) is 0 Å². The van der Waals surface area contributed by atoms with Crippen LogP contribution >= 0.6 is 11.8 Å². The van der Waals surface area contributed by atoms with Gasteiger partial charge in [-0.3, -0.25) is 9.69 Å². The van der Waals surface area contributed by atoms with Gasteiger partial charge in [0.2, 0.25) is 0 Å². The molecule has 14 heavy (non-hydrogen) atoms. The van der Waals surface area contributed by atoms with E-state index in [1.165, 1.54) is 24.3 Å². The monoisotopic (exact) mass is 215 g/mol. The minimum Gasteiger partial charge on any atom is -0.480 e. The van der Waals surface area contributed by atoms with Gasteiger partial charge in [0.1, 0.15) is 6.04 Å². The largest absolute Gasteiger partial charge is 0.480 e. The first kappa shape index (κ1) is 10.3. The zero-order valence-corrected chi connectivity index (χ0v) is 9.35. The third-order valence-corrected chi connectivity index (χ3v) is 4.57. The molecule has 0 aliphatic carbocycles. The van der Waals surface area contributed by atoms with Gasteiger partial charge < -0.3 is 5.11 Å². The molecule has 2 rings (SSSR count). The van der Waals surface area contributed by atoms with Crippen LogP contribution in [0.4, 0.5) is 0 Å². The molecule has 3 nitrogen and oxygen atoms in total. The molecule has 2 aliphatic heterocycles. The van der Waals surface area contributed by atoms with E-state index in [0.29, 0.717) is 5.41 Å². The molecule has 0 bridgehead atoms. The van der Waals surface area contributed by atoms with Crippen LogP contribution in [0.3, 0.4) is 0 Å². The van der Waals surface area contributed by atoms with E-state index in [9.17, 15) is 4.79 Å². The Labute approximate surface area is 88.9 Å². The molecule has 0 aromatic carbocycles. The van der Waals surface area contributed by atoms with E-state index >= 15 is 0 Å².